The Hall–Kier alpha value is -2.24. The van der Waals surface area contributed by atoms with Crippen LogP contribution >= 0.6 is 0 Å². The molecule has 6 heteroatoms. The molecule has 1 aromatic rings. The van der Waals surface area contributed by atoms with Crippen LogP contribution in [0, 0.1) is 0 Å². The summed E-state index contributed by atoms with van der Waals surface area (Å²) in [7, 11) is 0. The Labute approximate surface area is 135 Å². The van der Waals surface area contributed by atoms with Crippen LogP contribution in [-0.4, -0.2) is 35.7 Å². The fourth-order valence-electron chi connectivity index (χ4n) is 2.46. The predicted octanol–water partition coefficient (Wildman–Crippen LogP) is 2.61. The molecule has 0 aromatic heterocycles. The third-order valence-electron chi connectivity index (χ3n) is 3.94. The van der Waals surface area contributed by atoms with Crippen LogP contribution in [0.1, 0.15) is 49.9 Å². The summed E-state index contributed by atoms with van der Waals surface area (Å²) in [6.07, 6.45) is 2.60. The first-order valence-electron chi connectivity index (χ1n) is 7.98. The van der Waals surface area contributed by atoms with E-state index in [0.717, 1.165) is 12.8 Å². The van der Waals surface area contributed by atoms with Gasteiger partial charge in [-0.05, 0) is 50.8 Å². The lowest BCUT2D eigenvalue weighted by Crippen LogP contribution is -2.59. The fourth-order valence-corrected chi connectivity index (χ4v) is 2.46. The van der Waals surface area contributed by atoms with Crippen molar-refractivity contribution in [3.8, 4) is 11.5 Å². The Morgan fingerprint density at radius 2 is 1.96 bits per heavy atom. The number of benzene rings is 1. The molecule has 0 spiro atoms. The molecule has 2 rings (SSSR count). The second-order valence-electron chi connectivity index (χ2n) is 5.64. The summed E-state index contributed by atoms with van der Waals surface area (Å²) >= 11 is 0. The molecule has 2 N–H and O–H groups in total. The number of carbonyl (C=O) groups excluding carboxylic acids is 1. The molecule has 0 saturated heterocycles. The van der Waals surface area contributed by atoms with Crippen LogP contribution in [0.3, 0.4) is 0 Å². The molecule has 23 heavy (non-hydrogen) atoms. The van der Waals surface area contributed by atoms with Crippen molar-refractivity contribution in [1.82, 2.24) is 5.32 Å². The van der Waals surface area contributed by atoms with Crippen molar-refractivity contribution in [2.45, 2.75) is 45.1 Å². The minimum atomic E-state index is -1.12. The van der Waals surface area contributed by atoms with Crippen molar-refractivity contribution in [3.05, 3.63) is 23.8 Å². The standard InChI is InChI=1S/C17H23NO5/c1-3-10-23-13-7-6-12(11-14(13)22-4-2)15(19)18-17(16(20)21)8-5-9-17/h6-7,11H,3-5,8-10H2,1-2H3,(H,18,19)(H,20,21). The number of nitrogens with one attached hydrogen (secondary N) is 1. The van der Waals surface area contributed by atoms with Crippen molar-refractivity contribution in [3.63, 3.8) is 0 Å². The number of hydrogen-bond acceptors (Lipinski definition) is 4. The topological polar surface area (TPSA) is 84.9 Å². The summed E-state index contributed by atoms with van der Waals surface area (Å²) in [4.78, 5) is 23.7. The lowest BCUT2D eigenvalue weighted by Gasteiger charge is -2.38. The van der Waals surface area contributed by atoms with E-state index in [1.54, 1.807) is 18.2 Å². The van der Waals surface area contributed by atoms with Gasteiger partial charge < -0.3 is 19.9 Å². The Bertz CT molecular complexity index is 580. The van der Waals surface area contributed by atoms with Crippen LogP contribution in [0.2, 0.25) is 0 Å². The van der Waals surface area contributed by atoms with Crippen molar-refractivity contribution >= 4 is 11.9 Å². The van der Waals surface area contributed by atoms with E-state index in [1.165, 1.54) is 0 Å². The molecule has 0 atom stereocenters. The highest BCUT2D eigenvalue weighted by molar-refractivity contribution is 5.98. The number of rotatable bonds is 8. The average molecular weight is 321 g/mol. The zero-order chi connectivity index (χ0) is 16.9. The molecule has 1 amide bonds. The van der Waals surface area contributed by atoms with Gasteiger partial charge in [-0.25, -0.2) is 4.79 Å². The van der Waals surface area contributed by atoms with Gasteiger partial charge in [0.1, 0.15) is 5.54 Å². The molecule has 0 bridgehead atoms. The van der Waals surface area contributed by atoms with Gasteiger partial charge in [0, 0.05) is 5.56 Å². The summed E-state index contributed by atoms with van der Waals surface area (Å²) in [5.41, 5.74) is -0.759. The summed E-state index contributed by atoms with van der Waals surface area (Å²) in [5, 5.41) is 11.9. The number of carbonyl (C=O) groups is 2. The molecular weight excluding hydrogens is 298 g/mol. The number of ether oxygens (including phenoxy) is 2. The van der Waals surface area contributed by atoms with E-state index < -0.39 is 17.4 Å². The van der Waals surface area contributed by atoms with E-state index in [9.17, 15) is 14.7 Å². The van der Waals surface area contributed by atoms with E-state index in [4.69, 9.17) is 9.47 Å². The van der Waals surface area contributed by atoms with E-state index in [-0.39, 0.29) is 0 Å². The Morgan fingerprint density at radius 1 is 1.22 bits per heavy atom. The molecule has 6 nitrogen and oxygen atoms in total. The second-order valence-corrected chi connectivity index (χ2v) is 5.64. The van der Waals surface area contributed by atoms with Crippen LogP contribution in [0.4, 0.5) is 0 Å². The first kappa shape index (κ1) is 17.1. The Balaban J connectivity index is 2.16. The van der Waals surface area contributed by atoms with Gasteiger partial charge in [-0.3, -0.25) is 4.79 Å². The van der Waals surface area contributed by atoms with Gasteiger partial charge in [-0.2, -0.15) is 0 Å². The summed E-state index contributed by atoms with van der Waals surface area (Å²) in [6, 6.07) is 4.90. The van der Waals surface area contributed by atoms with E-state index in [2.05, 4.69) is 5.32 Å². The van der Waals surface area contributed by atoms with E-state index in [0.29, 0.717) is 43.1 Å². The second kappa shape index (κ2) is 7.35. The van der Waals surface area contributed by atoms with Crippen LogP contribution in [-0.2, 0) is 4.79 Å². The number of amides is 1. The summed E-state index contributed by atoms with van der Waals surface area (Å²) < 4.78 is 11.1. The minimum absolute atomic E-state index is 0.366. The number of hydrogen-bond donors (Lipinski definition) is 2. The van der Waals surface area contributed by atoms with Crippen LogP contribution in [0.25, 0.3) is 0 Å². The third-order valence-corrected chi connectivity index (χ3v) is 3.94. The number of carboxylic acid groups (broad SMARTS) is 1. The SMILES string of the molecule is CCCOc1ccc(C(=O)NC2(C(=O)O)CCC2)cc1OCC. The highest BCUT2D eigenvalue weighted by atomic mass is 16.5. The van der Waals surface area contributed by atoms with Gasteiger partial charge in [-0.15, -0.1) is 0 Å². The molecule has 1 aliphatic rings. The normalized spacial score (nSPS) is 15.4. The molecular formula is C17H23NO5. The smallest absolute Gasteiger partial charge is 0.329 e. The van der Waals surface area contributed by atoms with Gasteiger partial charge in [0.2, 0.25) is 0 Å². The zero-order valence-electron chi connectivity index (χ0n) is 13.6. The maximum atomic E-state index is 12.4. The molecule has 0 unspecified atom stereocenters. The van der Waals surface area contributed by atoms with Crippen molar-refractivity contribution in [2.75, 3.05) is 13.2 Å². The molecule has 1 saturated carbocycles. The van der Waals surface area contributed by atoms with E-state index >= 15 is 0 Å². The Morgan fingerprint density at radius 3 is 2.48 bits per heavy atom. The van der Waals surface area contributed by atoms with Gasteiger partial charge in [0.25, 0.3) is 5.91 Å². The maximum Gasteiger partial charge on any atom is 0.329 e. The lowest BCUT2D eigenvalue weighted by molar-refractivity contribution is -0.148. The molecule has 126 valence electrons. The molecule has 1 aliphatic carbocycles. The number of carboxylic acids is 1. The highest BCUT2D eigenvalue weighted by Gasteiger charge is 2.45. The highest BCUT2D eigenvalue weighted by Crippen LogP contribution is 2.33. The maximum absolute atomic E-state index is 12.4. The minimum Gasteiger partial charge on any atom is -0.490 e. The van der Waals surface area contributed by atoms with Crippen molar-refractivity contribution < 1.29 is 24.2 Å². The Kier molecular flexibility index (Phi) is 5.47. The molecule has 1 aromatic carbocycles. The van der Waals surface area contributed by atoms with Gasteiger partial charge in [-0.1, -0.05) is 6.92 Å². The monoisotopic (exact) mass is 321 g/mol. The molecule has 0 heterocycles. The summed E-state index contributed by atoms with van der Waals surface area (Å²) in [5.74, 6) is -0.312. The fraction of sp³-hybridized carbons (Fsp3) is 0.529. The quantitative estimate of drug-likeness (QED) is 0.769. The van der Waals surface area contributed by atoms with Crippen LogP contribution < -0.4 is 14.8 Å². The molecule has 0 aliphatic heterocycles. The first-order valence-corrected chi connectivity index (χ1v) is 7.98. The number of aliphatic carboxylic acids is 1. The van der Waals surface area contributed by atoms with Crippen LogP contribution in [0.15, 0.2) is 18.2 Å². The summed E-state index contributed by atoms with van der Waals surface area (Å²) in [6.45, 7) is 4.87. The van der Waals surface area contributed by atoms with Gasteiger partial charge >= 0.3 is 5.97 Å². The molecule has 1 fully saturated rings. The van der Waals surface area contributed by atoms with Gasteiger partial charge in [0.05, 0.1) is 13.2 Å². The predicted molar refractivity (Wildman–Crippen MR) is 85.1 cm³/mol. The zero-order valence-corrected chi connectivity index (χ0v) is 13.6. The molecule has 0 radical (unpaired) electrons. The van der Waals surface area contributed by atoms with Crippen LogP contribution in [0.5, 0.6) is 11.5 Å². The largest absolute Gasteiger partial charge is 0.490 e. The lowest BCUT2D eigenvalue weighted by atomic mass is 9.76. The average Bonchev–Trinajstić information content (AvgIpc) is 2.49. The van der Waals surface area contributed by atoms with Crippen molar-refractivity contribution in [1.29, 1.82) is 0 Å². The van der Waals surface area contributed by atoms with E-state index in [1.807, 2.05) is 13.8 Å². The third kappa shape index (κ3) is 3.75. The van der Waals surface area contributed by atoms with Crippen molar-refractivity contribution in [2.24, 2.45) is 0 Å². The first-order chi connectivity index (χ1) is 11.0. The van der Waals surface area contributed by atoms with Gasteiger partial charge in [0.15, 0.2) is 11.5 Å².